The fraction of sp³-hybridized carbons (Fsp3) is 0.519. The van der Waals surface area contributed by atoms with E-state index in [4.69, 9.17) is 14.2 Å². The third-order valence-electron chi connectivity index (χ3n) is 15.5. The monoisotopic (exact) mass is 921 g/mol. The number of ketones is 2. The number of halogens is 1. The van der Waals surface area contributed by atoms with E-state index in [2.05, 4.69) is 15.6 Å². The summed E-state index contributed by atoms with van der Waals surface area (Å²) in [5.74, 6) is -6.79. The van der Waals surface area contributed by atoms with Gasteiger partial charge in [-0.15, -0.1) is 0 Å². The summed E-state index contributed by atoms with van der Waals surface area (Å²) in [5, 5.41) is 31.4. The fourth-order valence-electron chi connectivity index (χ4n) is 11.8. The first-order valence-corrected chi connectivity index (χ1v) is 23.2. The molecule has 3 unspecified atom stereocenters. The maximum atomic E-state index is 17.5. The van der Waals surface area contributed by atoms with Crippen LogP contribution in [0.2, 0.25) is 0 Å². The second kappa shape index (κ2) is 17.7. The average Bonchev–Trinajstić information content (AvgIpc) is 4.06. The van der Waals surface area contributed by atoms with E-state index in [0.717, 1.165) is 16.3 Å². The van der Waals surface area contributed by atoms with Gasteiger partial charge in [-0.3, -0.25) is 29.0 Å². The Morgan fingerprint density at radius 1 is 0.955 bits per heavy atom. The van der Waals surface area contributed by atoms with Gasteiger partial charge in [0.15, 0.2) is 18.1 Å². The van der Waals surface area contributed by atoms with Gasteiger partial charge in [-0.25, -0.2) is 9.18 Å². The Balaban J connectivity index is 0.833. The number of carbonyl (C=O) groups excluding carboxylic acids is 6. The van der Waals surface area contributed by atoms with Gasteiger partial charge >= 0.3 is 18.0 Å². The molecule has 5 aliphatic carbocycles. The maximum Gasteiger partial charge on any atom is 0.407 e. The van der Waals surface area contributed by atoms with E-state index < -0.39 is 99.7 Å². The van der Waals surface area contributed by atoms with Crippen molar-refractivity contribution >= 4 is 52.0 Å². The summed E-state index contributed by atoms with van der Waals surface area (Å²) in [6.45, 7) is 9.62. The number of carbonyl (C=O) groups is 6. The zero-order valence-corrected chi connectivity index (χ0v) is 38.8. The molecule has 3 aromatic rings. The molecule has 15 heteroatoms. The number of benzene rings is 2. The minimum absolute atomic E-state index is 0.0133. The number of allylic oxidation sites excluding steroid dienone is 4. The summed E-state index contributed by atoms with van der Waals surface area (Å²) in [5.41, 5.74) is -4.65. The zero-order chi connectivity index (χ0) is 48.3. The van der Waals surface area contributed by atoms with E-state index in [1.54, 1.807) is 90.3 Å². The molecule has 2 aromatic carbocycles. The van der Waals surface area contributed by atoms with Gasteiger partial charge in [0.05, 0.1) is 30.5 Å². The highest BCUT2D eigenvalue weighted by molar-refractivity contribution is 6.01. The first-order chi connectivity index (χ1) is 31.6. The quantitative estimate of drug-likeness (QED) is 0.105. The molecule has 356 valence electrons. The van der Waals surface area contributed by atoms with Crippen molar-refractivity contribution in [2.75, 3.05) is 25.1 Å². The lowest BCUT2D eigenvalue weighted by Crippen LogP contribution is -2.69. The standard InChI is InChI=1S/C52H60FN3O11/c1-29-21-41-40-14-12-34-23-36(57)15-18-49(34,5)51(40,53)42(58)25-50(41,6)52(29,64)43(59)28-66-46(62)38-24-37(38)45(61)65-20-17-30-7-9-31(10-8-30)39(27-55-47(63)67-48(2,3)4)44(60)56-35-13-11-33-26-54-19-16-32(33)22-35/h7-11,13,15-16,18-19,22-23,26,29,37-42,58,64H,12,14,17,20-21,24-25,27-28H2,1-6H3,(H,55,63)(H,56,60)/t29-,37?,38?,39?,40+,41+,42+,49+,50+,51+,52+/m1/s1. The molecule has 11 atom stereocenters. The van der Waals surface area contributed by atoms with Crippen molar-refractivity contribution in [1.29, 1.82) is 0 Å². The van der Waals surface area contributed by atoms with Crippen molar-refractivity contribution in [2.24, 2.45) is 40.4 Å². The Morgan fingerprint density at radius 3 is 2.39 bits per heavy atom. The van der Waals surface area contributed by atoms with Gasteiger partial charge in [-0.1, -0.05) is 55.8 Å². The van der Waals surface area contributed by atoms with Crippen molar-refractivity contribution < 1.29 is 57.6 Å². The van der Waals surface area contributed by atoms with Crippen LogP contribution in [0.15, 0.2) is 84.7 Å². The lowest BCUT2D eigenvalue weighted by Gasteiger charge is -2.62. The number of aliphatic hydroxyl groups excluding tert-OH is 1. The molecule has 0 saturated heterocycles. The average molecular weight is 922 g/mol. The van der Waals surface area contributed by atoms with E-state index >= 15 is 4.39 Å². The Morgan fingerprint density at radius 2 is 1.67 bits per heavy atom. The molecule has 0 aliphatic heterocycles. The molecule has 4 saturated carbocycles. The van der Waals surface area contributed by atoms with Crippen molar-refractivity contribution in [3.63, 3.8) is 0 Å². The number of alkyl carbamates (subject to hydrolysis) is 1. The molecule has 5 aliphatic rings. The van der Waals surface area contributed by atoms with Crippen LogP contribution >= 0.6 is 0 Å². The Labute approximate surface area is 389 Å². The predicted octanol–water partition coefficient (Wildman–Crippen LogP) is 6.66. The fourth-order valence-corrected chi connectivity index (χ4v) is 11.8. The van der Waals surface area contributed by atoms with Crippen molar-refractivity contribution in [3.8, 4) is 0 Å². The van der Waals surface area contributed by atoms with Gasteiger partial charge in [0.2, 0.25) is 11.7 Å². The van der Waals surface area contributed by atoms with Crippen molar-refractivity contribution in [2.45, 2.75) is 109 Å². The SMILES string of the molecule is C[C@@H]1C[C@H]2[C@@H]3CCC4=CC(=O)C=C[C@]4(C)[C@@]3(F)[C@@H](O)C[C@]2(C)[C@@]1(O)C(=O)COC(=O)C1CC1C(=O)OCCc1ccc(C(CNC(=O)OC(C)(C)C)C(=O)Nc2ccc3cnccc3c2)cc1. The van der Waals surface area contributed by atoms with Gasteiger partial charge in [-0.2, -0.15) is 0 Å². The van der Waals surface area contributed by atoms with Gasteiger partial charge in [0.25, 0.3) is 0 Å². The van der Waals surface area contributed by atoms with E-state index in [-0.39, 0.29) is 37.7 Å². The number of anilines is 1. The minimum Gasteiger partial charge on any atom is -0.465 e. The Hall–Kier alpha value is -5.80. The molecule has 1 aromatic heterocycles. The lowest BCUT2D eigenvalue weighted by molar-refractivity contribution is -0.220. The number of esters is 2. The van der Waals surface area contributed by atoms with Gasteiger partial charge in [-0.05, 0) is 118 Å². The molecule has 67 heavy (non-hydrogen) atoms. The molecule has 8 rings (SSSR count). The normalized spacial score (nSPS) is 32.1. The molecular weight excluding hydrogens is 862 g/mol. The van der Waals surface area contributed by atoms with Crippen LogP contribution in [-0.4, -0.2) is 93.4 Å². The molecule has 2 amide bonds. The van der Waals surface area contributed by atoms with Crippen molar-refractivity contribution in [3.05, 3.63) is 95.9 Å². The van der Waals surface area contributed by atoms with Crippen LogP contribution in [0.4, 0.5) is 14.9 Å². The molecule has 4 N–H and O–H groups in total. The van der Waals surface area contributed by atoms with E-state index in [1.807, 2.05) is 18.2 Å². The number of amides is 2. The number of Topliss-reactive ketones (excluding diaryl/α,β-unsaturated/α-hetero) is 1. The lowest BCUT2D eigenvalue weighted by atomic mass is 9.44. The number of hydrogen-bond acceptors (Lipinski definition) is 12. The topological polar surface area (TPSA) is 208 Å². The van der Waals surface area contributed by atoms with Gasteiger partial charge in [0.1, 0.15) is 11.2 Å². The first-order valence-electron chi connectivity index (χ1n) is 23.2. The van der Waals surface area contributed by atoms with Crippen LogP contribution in [0, 0.1) is 40.4 Å². The van der Waals surface area contributed by atoms with Crippen LogP contribution in [-0.2, 0) is 44.6 Å². The number of nitrogens with zero attached hydrogens (tertiary/aromatic N) is 1. The van der Waals surface area contributed by atoms with Crippen LogP contribution < -0.4 is 10.6 Å². The zero-order valence-electron chi connectivity index (χ0n) is 38.8. The molecule has 0 bridgehead atoms. The predicted molar refractivity (Wildman–Crippen MR) is 244 cm³/mol. The highest BCUT2D eigenvalue weighted by atomic mass is 19.1. The van der Waals surface area contributed by atoms with Gasteiger partial charge < -0.3 is 35.1 Å². The summed E-state index contributed by atoms with van der Waals surface area (Å²) in [6, 6.07) is 14.5. The number of rotatable bonds is 13. The number of nitrogens with one attached hydrogen (secondary N) is 2. The molecule has 4 fully saturated rings. The molecular formula is C52H60FN3O11. The summed E-state index contributed by atoms with van der Waals surface area (Å²) < 4.78 is 33.9. The summed E-state index contributed by atoms with van der Waals surface area (Å²) in [6.07, 6.45) is 6.99. The Bertz CT molecular complexity index is 2550. The second-order valence-corrected chi connectivity index (χ2v) is 20.7. The van der Waals surface area contributed by atoms with Crippen LogP contribution in [0.25, 0.3) is 10.8 Å². The highest BCUT2D eigenvalue weighted by Crippen LogP contribution is 2.70. The largest absolute Gasteiger partial charge is 0.465 e. The summed E-state index contributed by atoms with van der Waals surface area (Å²) in [7, 11) is 0. The number of pyridine rings is 1. The number of alkyl halides is 1. The Kier molecular flexibility index (Phi) is 12.6. The van der Waals surface area contributed by atoms with Crippen LogP contribution in [0.5, 0.6) is 0 Å². The van der Waals surface area contributed by atoms with E-state index in [9.17, 15) is 39.0 Å². The second-order valence-electron chi connectivity index (χ2n) is 20.7. The third-order valence-corrected chi connectivity index (χ3v) is 15.5. The van der Waals surface area contributed by atoms with E-state index in [1.165, 1.54) is 12.2 Å². The smallest absolute Gasteiger partial charge is 0.407 e. The first kappa shape index (κ1) is 47.7. The molecule has 0 spiro atoms. The number of aromatic nitrogens is 1. The van der Waals surface area contributed by atoms with Gasteiger partial charge in [0, 0.05) is 53.2 Å². The summed E-state index contributed by atoms with van der Waals surface area (Å²) in [4.78, 5) is 82.7. The minimum atomic E-state index is -2.12. The van der Waals surface area contributed by atoms with Crippen molar-refractivity contribution in [1.82, 2.24) is 10.3 Å². The van der Waals surface area contributed by atoms with E-state index in [0.29, 0.717) is 42.5 Å². The third kappa shape index (κ3) is 8.69. The molecule has 14 nitrogen and oxygen atoms in total. The molecule has 1 heterocycles. The van der Waals surface area contributed by atoms with Crippen LogP contribution in [0.3, 0.4) is 0 Å². The highest BCUT2D eigenvalue weighted by Gasteiger charge is 2.75. The number of ether oxygens (including phenoxy) is 3. The number of hydrogen-bond donors (Lipinski definition) is 4. The number of fused-ring (bicyclic) bond motifs is 6. The number of aliphatic hydroxyl groups is 2. The molecule has 0 radical (unpaired) electrons. The van der Waals surface area contributed by atoms with Crippen LogP contribution in [0.1, 0.15) is 90.7 Å². The summed E-state index contributed by atoms with van der Waals surface area (Å²) >= 11 is 0. The maximum absolute atomic E-state index is 17.5.